The van der Waals surface area contributed by atoms with Crippen molar-refractivity contribution >= 4 is 67.2 Å². The van der Waals surface area contributed by atoms with Crippen molar-refractivity contribution in [3.63, 3.8) is 0 Å². The molecule has 0 bridgehead atoms. The Kier molecular flexibility index (Phi) is 17.0. The summed E-state index contributed by atoms with van der Waals surface area (Å²) >= 11 is 1.23. The fourth-order valence-electron chi connectivity index (χ4n) is 5.71. The van der Waals surface area contributed by atoms with Gasteiger partial charge in [-0.1, -0.05) is 36.4 Å². The molecule has 2 N–H and O–H groups in total. The summed E-state index contributed by atoms with van der Waals surface area (Å²) in [6.45, 7) is 1.78. The quantitative estimate of drug-likeness (QED) is 0.0600. The normalized spacial score (nSPS) is 17.3. The molecule has 3 aromatic carbocycles. The van der Waals surface area contributed by atoms with Crippen molar-refractivity contribution in [3.8, 4) is 6.07 Å². The Labute approximate surface area is 357 Å². The smallest absolute Gasteiger partial charge is 0.461 e. The van der Waals surface area contributed by atoms with E-state index in [1.165, 1.54) is 65.5 Å². The van der Waals surface area contributed by atoms with Crippen LogP contribution in [0.1, 0.15) is 52.0 Å². The molecule has 5 rings (SSSR count). The van der Waals surface area contributed by atoms with Crippen LogP contribution in [0.4, 0.5) is 13.2 Å². The second-order valence-corrected chi connectivity index (χ2v) is 15.4. The predicted octanol–water partition coefficient (Wildman–Crippen LogP) is 5.74. The van der Waals surface area contributed by atoms with Gasteiger partial charge >= 0.3 is 19.8 Å². The molecule has 0 spiro atoms. The number of phosphoric ester groups is 1. The number of ether oxygens (including phenoxy) is 4. The molecule has 0 amide bonds. The van der Waals surface area contributed by atoms with Crippen molar-refractivity contribution in [1.29, 1.82) is 5.26 Å². The first-order valence-corrected chi connectivity index (χ1v) is 19.5. The Morgan fingerprint density at radius 3 is 2.48 bits per heavy atom. The number of thioether (sulfide) groups is 1. The second kappa shape index (κ2) is 21.2. The maximum Gasteiger partial charge on any atom is 0.469 e. The first kappa shape index (κ1) is 46.6. The average Bonchev–Trinajstić information content (AvgIpc) is 3.68. The molecule has 1 aromatic heterocycles. The van der Waals surface area contributed by atoms with Crippen LogP contribution in [0.5, 0.6) is 0 Å². The molecule has 20 heteroatoms. The van der Waals surface area contributed by atoms with Crippen LogP contribution in [0, 0.1) is 28.8 Å². The van der Waals surface area contributed by atoms with E-state index >= 15 is 4.39 Å². The molecule has 1 radical (unpaired) electrons. The summed E-state index contributed by atoms with van der Waals surface area (Å²) in [5.74, 6) is -4.18. The predicted molar refractivity (Wildman–Crippen MR) is 204 cm³/mol. The van der Waals surface area contributed by atoms with Crippen LogP contribution in [0.15, 0.2) is 85.5 Å². The summed E-state index contributed by atoms with van der Waals surface area (Å²) in [6, 6.07) is 12.8. The fourth-order valence-corrected chi connectivity index (χ4v) is 7.39. The molecule has 0 saturated carbocycles. The first-order chi connectivity index (χ1) is 27.2. The minimum absolute atomic E-state index is 0. The molecule has 1 saturated heterocycles. The fraction of sp³-hybridized carbons (Fsp3) is 0.289. The summed E-state index contributed by atoms with van der Waals surface area (Å²) in [7, 11) is -4.91. The largest absolute Gasteiger partial charge is 0.469 e. The van der Waals surface area contributed by atoms with Gasteiger partial charge in [0.25, 0.3) is 0 Å². The van der Waals surface area contributed by atoms with Gasteiger partial charge in [0.2, 0.25) is 0 Å². The average molecular weight is 852 g/mol. The number of rotatable bonds is 16. The number of hydrogen-bond acceptors (Lipinski definition) is 12. The Hall–Kier alpha value is -4.12. The van der Waals surface area contributed by atoms with Crippen molar-refractivity contribution in [3.05, 3.63) is 136 Å². The molecule has 0 aliphatic carbocycles. The van der Waals surface area contributed by atoms with Crippen LogP contribution < -0.4 is 0 Å². The molecule has 14 nitrogen and oxygen atoms in total. The topological polar surface area (TPSA) is 192 Å². The third-order valence-electron chi connectivity index (χ3n) is 8.48. The van der Waals surface area contributed by atoms with Gasteiger partial charge in [-0.15, -0.1) is 11.8 Å². The minimum Gasteiger partial charge on any atom is -0.461 e. The molecule has 0 unspecified atom stereocenters. The summed E-state index contributed by atoms with van der Waals surface area (Å²) in [5.41, 5.74) is -1.58. The zero-order valence-electron chi connectivity index (χ0n) is 31.4. The second-order valence-electron chi connectivity index (χ2n) is 12.6. The van der Waals surface area contributed by atoms with Gasteiger partial charge in [-0.3, -0.25) is 9.32 Å². The van der Waals surface area contributed by atoms with Crippen LogP contribution in [0.2, 0.25) is 0 Å². The Balaban J connectivity index is 0.00000744. The number of nitrogens with zero attached hydrogens (tertiary/aromatic N) is 4. The number of nitriles is 1. The van der Waals surface area contributed by atoms with Gasteiger partial charge in [-0.05, 0) is 48.9 Å². The van der Waals surface area contributed by atoms with Crippen molar-refractivity contribution in [1.82, 2.24) is 14.8 Å². The number of carbonyl (C=O) groups excluding carboxylic acids is 2. The van der Waals surface area contributed by atoms with E-state index in [1.807, 2.05) is 6.07 Å². The number of hydrogen-bond donors (Lipinski definition) is 2. The number of benzene rings is 3. The van der Waals surface area contributed by atoms with Crippen molar-refractivity contribution < 1.29 is 60.6 Å². The van der Waals surface area contributed by atoms with Crippen molar-refractivity contribution in [2.24, 2.45) is 0 Å². The van der Waals surface area contributed by atoms with E-state index in [9.17, 15) is 32.7 Å². The number of allylic oxidation sites excluding steroid dienone is 2. The summed E-state index contributed by atoms with van der Waals surface area (Å²) < 4.78 is 85.1. The van der Waals surface area contributed by atoms with E-state index in [0.717, 1.165) is 25.1 Å². The SMILES string of the molecule is CC(=O)OCc1ccc(COP(=O)(O)O)cc1C(=O)O[C@@](Cn1cncn1)(c1ccc(F)cc1F)[C@@H](C)SC1COC(/C=C/C=C/c2ccc(C#N)cc2F)OC1.[Na]. The van der Waals surface area contributed by atoms with Gasteiger partial charge < -0.3 is 28.7 Å². The maximum atomic E-state index is 16.0. The summed E-state index contributed by atoms with van der Waals surface area (Å²) in [4.78, 5) is 48.5. The van der Waals surface area contributed by atoms with E-state index in [1.54, 1.807) is 25.2 Å². The number of phosphoric acid groups is 1. The van der Waals surface area contributed by atoms with Gasteiger partial charge in [-0.2, -0.15) is 10.4 Å². The first-order valence-electron chi connectivity index (χ1n) is 17.1. The number of aromatic nitrogens is 3. The van der Waals surface area contributed by atoms with E-state index in [-0.39, 0.29) is 89.3 Å². The van der Waals surface area contributed by atoms with Gasteiger partial charge in [-0.25, -0.2) is 32.2 Å². The van der Waals surface area contributed by atoms with Crippen LogP contribution >= 0.6 is 19.6 Å². The molecule has 2 atom stereocenters. The van der Waals surface area contributed by atoms with E-state index < -0.39 is 66.2 Å². The third-order valence-corrected chi connectivity index (χ3v) is 10.4. The maximum absolute atomic E-state index is 16.0. The zero-order valence-corrected chi connectivity index (χ0v) is 35.1. The van der Waals surface area contributed by atoms with Gasteiger partial charge in [0.05, 0.1) is 48.8 Å². The van der Waals surface area contributed by atoms with Crippen molar-refractivity contribution in [2.45, 2.75) is 56.0 Å². The summed E-state index contributed by atoms with van der Waals surface area (Å²) in [6.07, 6.45) is 8.11. The third kappa shape index (κ3) is 12.9. The molecule has 1 aliphatic rings. The molecule has 4 aromatic rings. The molecule has 1 aliphatic heterocycles. The zero-order chi connectivity index (χ0) is 41.2. The Morgan fingerprint density at radius 1 is 1.09 bits per heavy atom. The van der Waals surface area contributed by atoms with Gasteiger partial charge in [0.15, 0.2) is 11.9 Å². The van der Waals surface area contributed by atoms with Gasteiger partial charge in [0.1, 0.15) is 36.7 Å². The molecule has 301 valence electrons. The Morgan fingerprint density at radius 2 is 1.84 bits per heavy atom. The molecular formula is C38H36F3N4NaO10PS. The number of esters is 2. The standard InChI is InChI=1S/C38H36F3N4O10PS.Na/c1-24(57-31-19-52-36(53-20-31)6-4-3-5-28-9-7-26(16-42)14-34(28)40)38(21-45-23-43-22-44-45,33-12-11-30(39)15-35(33)41)55-37(47)32-13-27(17-54-56(48,49)50)8-10-29(32)18-51-25(2)46;/h3-15,22-24,31,36H,17-21H2,1-2H3,(H2,48,49,50);/b5-3+,6-4+;/t24-,31?,36?,38-;/m1./s1. The molecule has 1 fully saturated rings. The van der Waals surface area contributed by atoms with Crippen LogP contribution in [-0.2, 0) is 58.2 Å². The Bertz CT molecular complexity index is 2210. The van der Waals surface area contributed by atoms with E-state index in [2.05, 4.69) is 14.6 Å². The van der Waals surface area contributed by atoms with Crippen molar-refractivity contribution in [2.75, 3.05) is 13.2 Å². The van der Waals surface area contributed by atoms with E-state index in [4.69, 9.17) is 24.2 Å². The summed E-state index contributed by atoms with van der Waals surface area (Å²) in [5, 5.41) is 11.8. The number of carbonyl (C=O) groups is 2. The molecule has 58 heavy (non-hydrogen) atoms. The van der Waals surface area contributed by atoms with Crippen LogP contribution in [-0.4, -0.2) is 96.1 Å². The van der Waals surface area contributed by atoms with Crippen LogP contribution in [0.3, 0.4) is 0 Å². The van der Waals surface area contributed by atoms with Gasteiger partial charge in [0, 0.05) is 64.5 Å². The van der Waals surface area contributed by atoms with Crippen LogP contribution in [0.25, 0.3) is 6.08 Å². The monoisotopic (exact) mass is 851 g/mol. The molecule has 2 heterocycles. The molecular weight excluding hydrogens is 815 g/mol. The van der Waals surface area contributed by atoms with E-state index in [0.29, 0.717) is 6.07 Å². The number of halogens is 3. The minimum atomic E-state index is -4.91.